The third-order valence-corrected chi connectivity index (χ3v) is 3.40. The lowest BCUT2D eigenvalue weighted by Gasteiger charge is -2.20. The van der Waals surface area contributed by atoms with Gasteiger partial charge in [0.05, 0.1) is 11.9 Å². The van der Waals surface area contributed by atoms with Crippen LogP contribution >= 0.6 is 0 Å². The van der Waals surface area contributed by atoms with Gasteiger partial charge < -0.3 is 15.5 Å². The van der Waals surface area contributed by atoms with Crippen molar-refractivity contribution < 1.29 is 9.59 Å². The molecule has 0 spiro atoms. The summed E-state index contributed by atoms with van der Waals surface area (Å²) in [5, 5.41) is 5.71. The van der Waals surface area contributed by atoms with Crippen LogP contribution in [-0.2, 0) is 4.79 Å². The van der Waals surface area contributed by atoms with Crippen molar-refractivity contribution in [3.63, 3.8) is 0 Å². The van der Waals surface area contributed by atoms with Crippen LogP contribution in [0.15, 0.2) is 6.20 Å². The number of hydrogen-bond donors (Lipinski definition) is 2. The van der Waals surface area contributed by atoms with Gasteiger partial charge in [0.1, 0.15) is 5.82 Å². The van der Waals surface area contributed by atoms with Gasteiger partial charge in [-0.15, -0.1) is 0 Å². The summed E-state index contributed by atoms with van der Waals surface area (Å²) in [5.74, 6) is 0.598. The monoisotopic (exact) mass is 291 g/mol. The van der Waals surface area contributed by atoms with Crippen LogP contribution in [0.3, 0.4) is 0 Å². The number of carbonyl (C=O) groups is 2. The predicted octanol–water partition coefficient (Wildman–Crippen LogP) is 0.604. The van der Waals surface area contributed by atoms with Crippen molar-refractivity contribution in [3.8, 4) is 0 Å². The van der Waals surface area contributed by atoms with E-state index in [1.54, 1.807) is 18.1 Å². The van der Waals surface area contributed by atoms with Gasteiger partial charge in [0.2, 0.25) is 5.91 Å². The van der Waals surface area contributed by atoms with Crippen LogP contribution < -0.4 is 10.6 Å². The molecule has 7 nitrogen and oxygen atoms in total. The van der Waals surface area contributed by atoms with E-state index in [4.69, 9.17) is 0 Å². The summed E-state index contributed by atoms with van der Waals surface area (Å²) < 4.78 is 0. The van der Waals surface area contributed by atoms with E-state index in [1.165, 1.54) is 0 Å². The highest BCUT2D eigenvalue weighted by Gasteiger charge is 2.24. The van der Waals surface area contributed by atoms with Gasteiger partial charge in [0.15, 0.2) is 5.69 Å². The minimum Gasteiger partial charge on any atom is -0.385 e. The maximum Gasteiger partial charge on any atom is 0.274 e. The first-order valence-electron chi connectivity index (χ1n) is 7.13. The van der Waals surface area contributed by atoms with Gasteiger partial charge in [0, 0.05) is 39.0 Å². The average molecular weight is 291 g/mol. The molecule has 2 amide bonds. The fourth-order valence-corrected chi connectivity index (χ4v) is 2.14. The van der Waals surface area contributed by atoms with Crippen molar-refractivity contribution in [2.75, 3.05) is 32.0 Å². The molecule has 0 aliphatic carbocycles. The second-order valence-corrected chi connectivity index (χ2v) is 5.29. The number of nitrogens with one attached hydrogen (secondary N) is 2. The fraction of sp³-hybridized carbons (Fsp3) is 0.571. The Bertz CT molecular complexity index is 544. The molecule has 114 valence electrons. The molecular formula is C14H21N5O2. The van der Waals surface area contributed by atoms with Crippen LogP contribution in [0.4, 0.5) is 5.69 Å². The van der Waals surface area contributed by atoms with Crippen LogP contribution in [0, 0.1) is 0 Å². The Morgan fingerprint density at radius 3 is 2.86 bits per heavy atom. The second kappa shape index (κ2) is 6.51. The first-order chi connectivity index (χ1) is 10.0. The van der Waals surface area contributed by atoms with Crippen molar-refractivity contribution in [2.45, 2.75) is 26.2 Å². The zero-order valence-corrected chi connectivity index (χ0v) is 12.6. The molecule has 1 fully saturated rings. The van der Waals surface area contributed by atoms with Gasteiger partial charge in [-0.05, 0) is 0 Å². The van der Waals surface area contributed by atoms with Crippen molar-refractivity contribution in [1.29, 1.82) is 0 Å². The maximum absolute atomic E-state index is 12.7. The Kier molecular flexibility index (Phi) is 4.72. The van der Waals surface area contributed by atoms with Crippen molar-refractivity contribution in [3.05, 3.63) is 17.7 Å². The number of aromatic nitrogens is 2. The molecule has 2 N–H and O–H groups in total. The number of rotatable bonds is 3. The Labute approximate surface area is 124 Å². The van der Waals surface area contributed by atoms with E-state index >= 15 is 0 Å². The van der Waals surface area contributed by atoms with Crippen molar-refractivity contribution >= 4 is 17.5 Å². The van der Waals surface area contributed by atoms with Gasteiger partial charge in [-0.1, -0.05) is 13.8 Å². The Hall–Kier alpha value is -2.18. The van der Waals surface area contributed by atoms with E-state index in [-0.39, 0.29) is 17.7 Å². The van der Waals surface area contributed by atoms with Crippen LogP contribution in [0.1, 0.15) is 42.5 Å². The average Bonchev–Trinajstić information content (AvgIpc) is 2.70. The molecule has 0 aromatic carbocycles. The third kappa shape index (κ3) is 3.48. The Morgan fingerprint density at radius 1 is 1.43 bits per heavy atom. The lowest BCUT2D eigenvalue weighted by molar-refractivity contribution is -0.120. The van der Waals surface area contributed by atoms with Crippen LogP contribution in [0.5, 0.6) is 0 Å². The Morgan fingerprint density at radius 2 is 2.19 bits per heavy atom. The van der Waals surface area contributed by atoms with E-state index in [2.05, 4.69) is 20.6 Å². The second-order valence-electron chi connectivity index (χ2n) is 5.29. The Balaban J connectivity index is 2.28. The minimum atomic E-state index is -0.167. The number of hydrogen-bond acceptors (Lipinski definition) is 5. The quantitative estimate of drug-likeness (QED) is 0.851. The van der Waals surface area contributed by atoms with Crippen molar-refractivity contribution in [1.82, 2.24) is 20.2 Å². The molecule has 1 aromatic rings. The van der Waals surface area contributed by atoms with Gasteiger partial charge in [-0.3, -0.25) is 9.59 Å². The minimum absolute atomic E-state index is 0.0234. The highest BCUT2D eigenvalue weighted by atomic mass is 16.2. The molecular weight excluding hydrogens is 270 g/mol. The molecule has 1 saturated heterocycles. The first-order valence-corrected chi connectivity index (χ1v) is 7.13. The molecule has 1 aliphatic heterocycles. The number of carbonyl (C=O) groups excluding carboxylic acids is 2. The summed E-state index contributed by atoms with van der Waals surface area (Å²) >= 11 is 0. The highest BCUT2D eigenvalue weighted by molar-refractivity contribution is 5.97. The van der Waals surface area contributed by atoms with Gasteiger partial charge in [-0.2, -0.15) is 0 Å². The molecule has 7 heteroatoms. The standard InChI is InChI=1S/C14H21N5O2/c1-9(2)13-17-8-10(15-3)12(18-13)14(21)19-6-4-11(20)16-5-7-19/h8-9,15H,4-7H2,1-3H3,(H,16,20). The number of nitrogens with zero attached hydrogens (tertiary/aromatic N) is 3. The maximum atomic E-state index is 12.7. The molecule has 0 unspecified atom stereocenters. The summed E-state index contributed by atoms with van der Waals surface area (Å²) in [6.07, 6.45) is 1.96. The predicted molar refractivity (Wildman–Crippen MR) is 79.2 cm³/mol. The summed E-state index contributed by atoms with van der Waals surface area (Å²) in [7, 11) is 1.73. The number of amides is 2. The normalized spacial score (nSPS) is 15.6. The molecule has 0 radical (unpaired) electrons. The van der Waals surface area contributed by atoms with Crippen LogP contribution in [0.2, 0.25) is 0 Å². The molecule has 1 aliphatic rings. The lowest BCUT2D eigenvalue weighted by atomic mass is 10.2. The van der Waals surface area contributed by atoms with E-state index in [0.717, 1.165) is 0 Å². The molecule has 0 saturated carbocycles. The molecule has 2 rings (SSSR count). The van der Waals surface area contributed by atoms with E-state index < -0.39 is 0 Å². The highest BCUT2D eigenvalue weighted by Crippen LogP contribution is 2.18. The number of anilines is 1. The first kappa shape index (κ1) is 15.2. The lowest BCUT2D eigenvalue weighted by Crippen LogP contribution is -2.35. The van der Waals surface area contributed by atoms with Crippen LogP contribution in [0.25, 0.3) is 0 Å². The smallest absolute Gasteiger partial charge is 0.274 e. The molecule has 1 aromatic heterocycles. The molecule has 2 heterocycles. The topological polar surface area (TPSA) is 87.2 Å². The van der Waals surface area contributed by atoms with Gasteiger partial charge in [-0.25, -0.2) is 9.97 Å². The van der Waals surface area contributed by atoms with E-state index in [1.807, 2.05) is 13.8 Å². The summed E-state index contributed by atoms with van der Waals surface area (Å²) in [5.41, 5.74) is 0.971. The summed E-state index contributed by atoms with van der Waals surface area (Å²) in [6, 6.07) is 0. The summed E-state index contributed by atoms with van der Waals surface area (Å²) in [6.45, 7) is 5.35. The molecule has 21 heavy (non-hydrogen) atoms. The van der Waals surface area contributed by atoms with Gasteiger partial charge in [0.25, 0.3) is 5.91 Å². The van der Waals surface area contributed by atoms with Crippen LogP contribution in [-0.4, -0.2) is 53.4 Å². The zero-order chi connectivity index (χ0) is 15.4. The van der Waals surface area contributed by atoms with E-state index in [0.29, 0.717) is 43.3 Å². The largest absolute Gasteiger partial charge is 0.385 e. The van der Waals surface area contributed by atoms with E-state index in [9.17, 15) is 9.59 Å². The fourth-order valence-electron chi connectivity index (χ4n) is 2.14. The zero-order valence-electron chi connectivity index (χ0n) is 12.6. The van der Waals surface area contributed by atoms with Gasteiger partial charge >= 0.3 is 0 Å². The van der Waals surface area contributed by atoms with Crippen molar-refractivity contribution in [2.24, 2.45) is 0 Å². The summed E-state index contributed by atoms with van der Waals surface area (Å²) in [4.78, 5) is 34.4. The SMILES string of the molecule is CNc1cnc(C(C)C)nc1C(=O)N1CCNC(=O)CC1. The third-order valence-electron chi connectivity index (χ3n) is 3.40. The molecule has 0 atom stereocenters. The molecule has 0 bridgehead atoms.